The van der Waals surface area contributed by atoms with Gasteiger partial charge >= 0.3 is 6.09 Å². The van der Waals surface area contributed by atoms with E-state index in [1.807, 2.05) is 18.2 Å². The van der Waals surface area contributed by atoms with Gasteiger partial charge in [0, 0.05) is 24.9 Å². The second-order valence-electron chi connectivity index (χ2n) is 5.66. The number of piperidine rings is 1. The minimum absolute atomic E-state index is 0.0246. The van der Waals surface area contributed by atoms with Crippen LogP contribution in [0.5, 0.6) is 0 Å². The van der Waals surface area contributed by atoms with Crippen LogP contribution < -0.4 is 0 Å². The molecule has 0 radical (unpaired) electrons. The zero-order chi connectivity index (χ0) is 14.1. The molecule has 1 heterocycles. The third-order valence-electron chi connectivity index (χ3n) is 4.57. The molecule has 1 aliphatic carbocycles. The molecule has 1 aliphatic heterocycles. The van der Waals surface area contributed by atoms with Crippen LogP contribution in [0.4, 0.5) is 4.79 Å². The lowest BCUT2D eigenvalue weighted by Gasteiger charge is -2.52. The topological polar surface area (TPSA) is 46.6 Å². The molecule has 0 spiro atoms. The van der Waals surface area contributed by atoms with Gasteiger partial charge in [-0.1, -0.05) is 30.3 Å². The molecule has 0 unspecified atom stereocenters. The van der Waals surface area contributed by atoms with Gasteiger partial charge in [-0.15, -0.1) is 0 Å². The average Bonchev–Trinajstić information content (AvgIpc) is 2.46. The summed E-state index contributed by atoms with van der Waals surface area (Å²) in [6.07, 6.45) is 1.98. The van der Waals surface area contributed by atoms with E-state index in [1.165, 1.54) is 12.7 Å². The summed E-state index contributed by atoms with van der Waals surface area (Å²) in [5.41, 5.74) is 1.26. The number of carbonyl (C=O) groups excluding carboxylic acids is 2. The summed E-state index contributed by atoms with van der Waals surface area (Å²) in [6.45, 7) is 0.498. The molecule has 3 atom stereocenters. The first-order valence-corrected chi connectivity index (χ1v) is 7.12. The maximum absolute atomic E-state index is 11.9. The maximum atomic E-state index is 11.9. The Morgan fingerprint density at radius 2 is 2.10 bits per heavy atom. The molecule has 4 heteroatoms. The van der Waals surface area contributed by atoms with E-state index in [0.29, 0.717) is 24.7 Å². The van der Waals surface area contributed by atoms with Crippen molar-refractivity contribution in [3.05, 3.63) is 35.9 Å². The van der Waals surface area contributed by atoms with E-state index in [0.717, 1.165) is 12.8 Å². The second kappa shape index (κ2) is 5.27. The van der Waals surface area contributed by atoms with E-state index in [4.69, 9.17) is 4.74 Å². The van der Waals surface area contributed by atoms with E-state index in [9.17, 15) is 9.59 Å². The van der Waals surface area contributed by atoms with Gasteiger partial charge in [0.25, 0.3) is 0 Å². The van der Waals surface area contributed by atoms with E-state index in [1.54, 1.807) is 4.90 Å². The van der Waals surface area contributed by atoms with Crippen molar-refractivity contribution in [1.82, 2.24) is 4.90 Å². The lowest BCUT2D eigenvalue weighted by atomic mass is 9.63. The first kappa shape index (κ1) is 13.2. The number of rotatable bonds is 2. The molecule has 4 nitrogen and oxygen atoms in total. The van der Waals surface area contributed by atoms with Crippen molar-refractivity contribution in [2.24, 2.45) is 11.8 Å². The molecule has 1 aromatic rings. The number of Topliss-reactive ketones (excluding diaryl/α,β-unsaturated/α-hetero) is 1. The Hall–Kier alpha value is -1.84. The SMILES string of the molecule is COC(=O)N1CCC(=O)[C@@H]2C[C@@H](Cc3ccccc3)[C@@H]21. The number of nitrogens with zero attached hydrogens (tertiary/aromatic N) is 1. The van der Waals surface area contributed by atoms with Crippen LogP contribution in [0, 0.1) is 11.8 Å². The van der Waals surface area contributed by atoms with Crippen LogP contribution in [0.15, 0.2) is 30.3 Å². The van der Waals surface area contributed by atoms with Gasteiger partial charge in [0.1, 0.15) is 5.78 Å². The number of ketones is 1. The van der Waals surface area contributed by atoms with Crippen LogP contribution in [0.2, 0.25) is 0 Å². The van der Waals surface area contributed by atoms with Gasteiger partial charge in [0.15, 0.2) is 0 Å². The highest BCUT2D eigenvalue weighted by Crippen LogP contribution is 2.44. The lowest BCUT2D eigenvalue weighted by Crippen LogP contribution is -2.62. The largest absolute Gasteiger partial charge is 0.453 e. The molecule has 106 valence electrons. The normalized spacial score (nSPS) is 28.6. The van der Waals surface area contributed by atoms with Crippen LogP contribution in [-0.4, -0.2) is 36.5 Å². The fraction of sp³-hybridized carbons (Fsp3) is 0.500. The molecule has 0 bridgehead atoms. The van der Waals surface area contributed by atoms with Crippen LogP contribution in [0.1, 0.15) is 18.4 Å². The molecule has 0 aromatic heterocycles. The molecule has 1 amide bonds. The fourth-order valence-electron chi connectivity index (χ4n) is 3.55. The Morgan fingerprint density at radius 1 is 1.35 bits per heavy atom. The average molecular weight is 273 g/mol. The Morgan fingerprint density at radius 3 is 2.80 bits per heavy atom. The highest BCUT2D eigenvalue weighted by molar-refractivity contribution is 5.86. The van der Waals surface area contributed by atoms with Crippen molar-refractivity contribution in [1.29, 1.82) is 0 Å². The summed E-state index contributed by atoms with van der Waals surface area (Å²) in [6, 6.07) is 10.3. The fourth-order valence-corrected chi connectivity index (χ4v) is 3.55. The zero-order valence-electron chi connectivity index (χ0n) is 11.6. The molecule has 1 aromatic carbocycles. The van der Waals surface area contributed by atoms with Gasteiger partial charge in [-0.25, -0.2) is 4.79 Å². The van der Waals surface area contributed by atoms with E-state index in [2.05, 4.69) is 12.1 Å². The number of hydrogen-bond donors (Lipinski definition) is 0. The van der Waals surface area contributed by atoms with Crippen molar-refractivity contribution >= 4 is 11.9 Å². The number of carbonyl (C=O) groups is 2. The standard InChI is InChI=1S/C16H19NO3/c1-20-16(19)17-8-7-14(18)13-10-12(15(13)17)9-11-5-3-2-4-6-11/h2-6,12-13,15H,7-10H2,1H3/t12-,13+,15+/m1/s1. The quantitative estimate of drug-likeness (QED) is 0.830. The van der Waals surface area contributed by atoms with Crippen LogP contribution >= 0.6 is 0 Å². The number of methoxy groups -OCH3 is 1. The summed E-state index contributed by atoms with van der Waals surface area (Å²) in [5, 5.41) is 0. The zero-order valence-corrected chi connectivity index (χ0v) is 11.6. The summed E-state index contributed by atoms with van der Waals surface area (Å²) in [7, 11) is 1.40. The molecule has 1 saturated carbocycles. The van der Waals surface area contributed by atoms with Gasteiger partial charge in [0.2, 0.25) is 0 Å². The number of hydrogen-bond acceptors (Lipinski definition) is 3. The van der Waals surface area contributed by atoms with Crippen molar-refractivity contribution in [3.8, 4) is 0 Å². The number of ether oxygens (including phenoxy) is 1. The second-order valence-corrected chi connectivity index (χ2v) is 5.66. The third kappa shape index (κ3) is 2.19. The Kier molecular flexibility index (Phi) is 3.47. The smallest absolute Gasteiger partial charge is 0.409 e. The first-order valence-electron chi connectivity index (χ1n) is 7.12. The van der Waals surface area contributed by atoms with Crippen molar-refractivity contribution < 1.29 is 14.3 Å². The molecule has 0 N–H and O–H groups in total. The highest BCUT2D eigenvalue weighted by atomic mass is 16.5. The highest BCUT2D eigenvalue weighted by Gasteiger charge is 2.51. The molecule has 20 heavy (non-hydrogen) atoms. The lowest BCUT2D eigenvalue weighted by molar-refractivity contribution is -0.138. The molecular formula is C16H19NO3. The van der Waals surface area contributed by atoms with Gasteiger partial charge in [-0.05, 0) is 24.3 Å². The van der Waals surface area contributed by atoms with E-state index < -0.39 is 0 Å². The minimum Gasteiger partial charge on any atom is -0.453 e. The predicted octanol–water partition coefficient (Wildman–Crippen LogP) is 2.28. The Balaban J connectivity index is 1.74. The molecule has 3 rings (SSSR count). The summed E-state index contributed by atoms with van der Waals surface area (Å²) < 4.78 is 4.85. The monoisotopic (exact) mass is 273 g/mol. The Labute approximate surface area is 118 Å². The number of amides is 1. The van der Waals surface area contributed by atoms with E-state index >= 15 is 0 Å². The number of benzene rings is 1. The van der Waals surface area contributed by atoms with Gasteiger partial charge in [-0.3, -0.25) is 4.79 Å². The van der Waals surface area contributed by atoms with Gasteiger partial charge < -0.3 is 9.64 Å². The van der Waals surface area contributed by atoms with Gasteiger partial charge in [-0.2, -0.15) is 0 Å². The van der Waals surface area contributed by atoms with E-state index in [-0.39, 0.29) is 18.1 Å². The van der Waals surface area contributed by atoms with Crippen molar-refractivity contribution in [2.75, 3.05) is 13.7 Å². The van der Waals surface area contributed by atoms with Crippen molar-refractivity contribution in [3.63, 3.8) is 0 Å². The number of fused-ring (bicyclic) bond motifs is 1. The molecule has 2 aliphatic rings. The minimum atomic E-state index is -0.301. The third-order valence-corrected chi connectivity index (χ3v) is 4.57. The van der Waals surface area contributed by atoms with Crippen LogP contribution in [-0.2, 0) is 16.0 Å². The summed E-state index contributed by atoms with van der Waals surface area (Å²) in [4.78, 5) is 25.5. The maximum Gasteiger partial charge on any atom is 0.409 e. The number of likely N-dealkylation sites (tertiary alicyclic amines) is 1. The molecule has 1 saturated heterocycles. The summed E-state index contributed by atoms with van der Waals surface area (Å²) >= 11 is 0. The molecule has 2 fully saturated rings. The Bertz CT molecular complexity index is 514. The van der Waals surface area contributed by atoms with Gasteiger partial charge in [0.05, 0.1) is 7.11 Å². The first-order chi connectivity index (χ1) is 9.70. The van der Waals surface area contributed by atoms with Crippen molar-refractivity contribution in [2.45, 2.75) is 25.3 Å². The van der Waals surface area contributed by atoms with Crippen LogP contribution in [0.3, 0.4) is 0 Å². The predicted molar refractivity (Wildman–Crippen MR) is 74.3 cm³/mol. The summed E-state index contributed by atoms with van der Waals surface area (Å²) in [5.74, 6) is 0.696. The van der Waals surface area contributed by atoms with Crippen LogP contribution in [0.25, 0.3) is 0 Å². The molecular weight excluding hydrogens is 254 g/mol.